The summed E-state index contributed by atoms with van der Waals surface area (Å²) in [5.41, 5.74) is 0.696. The molecular formula is C13H18ClNO2. The maximum Gasteiger partial charge on any atom is 0.224 e. The van der Waals surface area contributed by atoms with E-state index >= 15 is 0 Å². The third kappa shape index (κ3) is 5.09. The van der Waals surface area contributed by atoms with Crippen LogP contribution >= 0.6 is 11.6 Å². The number of carbonyl (C=O) groups is 1. The van der Waals surface area contributed by atoms with E-state index in [1.54, 1.807) is 18.2 Å². The molecule has 0 aliphatic rings. The second-order valence-electron chi connectivity index (χ2n) is 4.92. The van der Waals surface area contributed by atoms with E-state index in [1.807, 2.05) is 19.9 Å². The smallest absolute Gasteiger partial charge is 0.224 e. The van der Waals surface area contributed by atoms with Gasteiger partial charge in [0.1, 0.15) is 5.75 Å². The van der Waals surface area contributed by atoms with Crippen LogP contribution in [0.25, 0.3) is 0 Å². The number of aromatic hydroxyl groups is 1. The van der Waals surface area contributed by atoms with Gasteiger partial charge in [0.25, 0.3) is 0 Å². The first-order chi connectivity index (χ1) is 7.93. The lowest BCUT2D eigenvalue weighted by Gasteiger charge is -2.21. The number of alkyl halides is 1. The second-order valence-corrected chi connectivity index (χ2v) is 5.19. The Kier molecular flexibility index (Phi) is 4.82. The van der Waals surface area contributed by atoms with Gasteiger partial charge < -0.3 is 10.4 Å². The molecule has 1 aromatic carbocycles. The van der Waals surface area contributed by atoms with E-state index in [1.165, 1.54) is 0 Å². The summed E-state index contributed by atoms with van der Waals surface area (Å²) >= 11 is 5.77. The molecule has 0 aliphatic carbocycles. The Balaban J connectivity index is 2.45. The Labute approximate surface area is 107 Å². The summed E-state index contributed by atoms with van der Waals surface area (Å²) in [6.45, 7) is 4.54. The van der Waals surface area contributed by atoms with Crippen LogP contribution in [0.3, 0.4) is 0 Å². The fraction of sp³-hybridized carbons (Fsp3) is 0.462. The van der Waals surface area contributed by atoms with Crippen LogP contribution in [-0.2, 0) is 11.2 Å². The molecule has 4 heteroatoms. The minimum atomic E-state index is -0.101. The highest BCUT2D eigenvalue weighted by Crippen LogP contribution is 2.15. The molecule has 1 amide bonds. The van der Waals surface area contributed by atoms with Gasteiger partial charge in [-0.15, -0.1) is 11.6 Å². The van der Waals surface area contributed by atoms with Crippen LogP contribution in [0.5, 0.6) is 5.75 Å². The van der Waals surface area contributed by atoms with Crippen molar-refractivity contribution in [2.45, 2.75) is 20.3 Å². The van der Waals surface area contributed by atoms with Gasteiger partial charge in [-0.1, -0.05) is 26.0 Å². The van der Waals surface area contributed by atoms with E-state index in [4.69, 9.17) is 11.6 Å². The molecule has 0 atom stereocenters. The number of nitrogens with one attached hydrogen (secondary N) is 1. The van der Waals surface area contributed by atoms with Crippen LogP contribution in [0.4, 0.5) is 0 Å². The monoisotopic (exact) mass is 255 g/mol. The summed E-state index contributed by atoms with van der Waals surface area (Å²) < 4.78 is 0. The summed E-state index contributed by atoms with van der Waals surface area (Å²) in [7, 11) is 0. The molecule has 0 heterocycles. The van der Waals surface area contributed by atoms with Crippen LogP contribution in [0.1, 0.15) is 19.4 Å². The number of hydrogen-bond acceptors (Lipinski definition) is 2. The molecule has 94 valence electrons. The molecule has 1 aromatic rings. The van der Waals surface area contributed by atoms with Gasteiger partial charge in [-0.3, -0.25) is 4.79 Å². The number of carbonyl (C=O) groups excluding carboxylic acids is 1. The van der Waals surface area contributed by atoms with Crippen LogP contribution in [0.2, 0.25) is 0 Å². The summed E-state index contributed by atoms with van der Waals surface area (Å²) in [4.78, 5) is 11.7. The minimum Gasteiger partial charge on any atom is -0.508 e. The normalized spacial score (nSPS) is 11.2. The Morgan fingerprint density at radius 1 is 1.47 bits per heavy atom. The Morgan fingerprint density at radius 2 is 2.18 bits per heavy atom. The van der Waals surface area contributed by atoms with Crippen molar-refractivity contribution in [3.8, 4) is 5.75 Å². The lowest BCUT2D eigenvalue weighted by molar-refractivity contribution is -0.120. The zero-order valence-corrected chi connectivity index (χ0v) is 10.9. The van der Waals surface area contributed by atoms with Gasteiger partial charge in [0.15, 0.2) is 0 Å². The molecule has 0 aliphatic heterocycles. The van der Waals surface area contributed by atoms with Gasteiger partial charge in [0.2, 0.25) is 5.91 Å². The maximum atomic E-state index is 11.7. The van der Waals surface area contributed by atoms with E-state index in [9.17, 15) is 9.90 Å². The standard InChI is InChI=1S/C13H18ClNO2/c1-13(2,8-14)9-15-12(17)7-10-4-3-5-11(16)6-10/h3-6,16H,7-9H2,1-2H3,(H,15,17). The fourth-order valence-electron chi connectivity index (χ4n) is 1.30. The molecule has 1 rings (SSSR count). The quantitative estimate of drug-likeness (QED) is 0.794. The summed E-state index contributed by atoms with van der Waals surface area (Å²) in [5.74, 6) is 0.615. The topological polar surface area (TPSA) is 49.3 Å². The molecule has 0 saturated heterocycles. The van der Waals surface area contributed by atoms with Crippen LogP contribution in [0, 0.1) is 5.41 Å². The second kappa shape index (κ2) is 5.92. The molecule has 0 aromatic heterocycles. The minimum absolute atomic E-state index is 0.0613. The van der Waals surface area contributed by atoms with Crippen molar-refractivity contribution in [1.29, 1.82) is 0 Å². The van der Waals surface area contributed by atoms with E-state index in [-0.39, 0.29) is 23.5 Å². The van der Waals surface area contributed by atoms with Gasteiger partial charge in [-0.2, -0.15) is 0 Å². The molecule has 0 spiro atoms. The van der Waals surface area contributed by atoms with Crippen molar-refractivity contribution in [1.82, 2.24) is 5.32 Å². The largest absolute Gasteiger partial charge is 0.508 e. The molecule has 0 saturated carbocycles. The predicted octanol–water partition coefficient (Wildman–Crippen LogP) is 2.32. The maximum absolute atomic E-state index is 11.7. The van der Waals surface area contributed by atoms with E-state index in [0.29, 0.717) is 12.4 Å². The first-order valence-corrected chi connectivity index (χ1v) is 6.07. The van der Waals surface area contributed by atoms with Gasteiger partial charge in [0.05, 0.1) is 6.42 Å². The highest BCUT2D eigenvalue weighted by Gasteiger charge is 2.17. The average Bonchev–Trinajstić information content (AvgIpc) is 2.27. The van der Waals surface area contributed by atoms with Crippen LogP contribution in [0.15, 0.2) is 24.3 Å². The van der Waals surface area contributed by atoms with Crippen molar-refractivity contribution >= 4 is 17.5 Å². The number of amides is 1. The van der Waals surface area contributed by atoms with Gasteiger partial charge in [0, 0.05) is 12.4 Å². The predicted molar refractivity (Wildman–Crippen MR) is 69.3 cm³/mol. The van der Waals surface area contributed by atoms with Crippen molar-refractivity contribution in [2.24, 2.45) is 5.41 Å². The molecule has 0 radical (unpaired) electrons. The Bertz CT molecular complexity index is 391. The van der Waals surface area contributed by atoms with Crippen molar-refractivity contribution in [3.05, 3.63) is 29.8 Å². The highest BCUT2D eigenvalue weighted by atomic mass is 35.5. The van der Waals surface area contributed by atoms with E-state index in [2.05, 4.69) is 5.32 Å². The molecular weight excluding hydrogens is 238 g/mol. The average molecular weight is 256 g/mol. The van der Waals surface area contributed by atoms with Gasteiger partial charge in [-0.05, 0) is 23.1 Å². The summed E-state index contributed by atoms with van der Waals surface area (Å²) in [5, 5.41) is 12.1. The molecule has 2 N–H and O–H groups in total. The van der Waals surface area contributed by atoms with Gasteiger partial charge >= 0.3 is 0 Å². The van der Waals surface area contributed by atoms with Crippen LogP contribution < -0.4 is 5.32 Å². The van der Waals surface area contributed by atoms with Crippen LogP contribution in [-0.4, -0.2) is 23.4 Å². The van der Waals surface area contributed by atoms with Crippen molar-refractivity contribution in [3.63, 3.8) is 0 Å². The van der Waals surface area contributed by atoms with E-state index < -0.39 is 0 Å². The zero-order valence-electron chi connectivity index (χ0n) is 10.2. The SMILES string of the molecule is CC(C)(CCl)CNC(=O)Cc1cccc(O)c1. The third-order valence-corrected chi connectivity index (χ3v) is 3.12. The fourth-order valence-corrected chi connectivity index (χ4v) is 1.39. The zero-order chi connectivity index (χ0) is 12.9. The first kappa shape index (κ1) is 13.8. The lowest BCUT2D eigenvalue weighted by atomic mass is 9.96. The Hall–Kier alpha value is -1.22. The number of phenols is 1. The summed E-state index contributed by atoms with van der Waals surface area (Å²) in [6.07, 6.45) is 0.271. The third-order valence-electron chi connectivity index (χ3n) is 2.40. The molecule has 0 fully saturated rings. The molecule has 17 heavy (non-hydrogen) atoms. The first-order valence-electron chi connectivity index (χ1n) is 5.53. The van der Waals surface area contributed by atoms with Crippen molar-refractivity contribution in [2.75, 3.05) is 12.4 Å². The lowest BCUT2D eigenvalue weighted by Crippen LogP contribution is -2.35. The number of benzene rings is 1. The molecule has 0 unspecified atom stereocenters. The summed E-state index contributed by atoms with van der Waals surface area (Å²) in [6, 6.07) is 6.71. The number of phenolic OH excluding ortho intramolecular Hbond substituents is 1. The molecule has 0 bridgehead atoms. The molecule has 3 nitrogen and oxygen atoms in total. The number of rotatable bonds is 5. The van der Waals surface area contributed by atoms with E-state index in [0.717, 1.165) is 5.56 Å². The number of hydrogen-bond donors (Lipinski definition) is 2. The Morgan fingerprint density at radius 3 is 2.76 bits per heavy atom. The van der Waals surface area contributed by atoms with Gasteiger partial charge in [-0.25, -0.2) is 0 Å². The number of halogens is 1. The van der Waals surface area contributed by atoms with Crippen molar-refractivity contribution < 1.29 is 9.90 Å². The highest BCUT2D eigenvalue weighted by molar-refractivity contribution is 6.18.